The lowest BCUT2D eigenvalue weighted by molar-refractivity contribution is 0.269. The first-order chi connectivity index (χ1) is 10.4. The van der Waals surface area contributed by atoms with Crippen LogP contribution in [0.15, 0.2) is 54.6 Å². The van der Waals surface area contributed by atoms with Gasteiger partial charge in [-0.05, 0) is 36.0 Å². The zero-order valence-electron chi connectivity index (χ0n) is 12.3. The Morgan fingerprint density at radius 3 is 2.38 bits per heavy atom. The van der Waals surface area contributed by atoms with Crippen molar-refractivity contribution in [1.82, 2.24) is 0 Å². The first kappa shape index (κ1) is 15.3. The summed E-state index contributed by atoms with van der Waals surface area (Å²) >= 11 is 0. The van der Waals surface area contributed by atoms with Gasteiger partial charge in [-0.2, -0.15) is 0 Å². The highest BCUT2D eigenvalue weighted by Gasteiger charge is 1.99. The maximum Gasteiger partial charge on any atom is 0.417 e. The molecule has 0 N–H and O–H groups in total. The molecule has 2 heteroatoms. The van der Waals surface area contributed by atoms with Crippen LogP contribution < -0.4 is 0 Å². The van der Waals surface area contributed by atoms with Crippen molar-refractivity contribution >= 4 is 6.47 Å². The number of rotatable bonds is 9. The summed E-state index contributed by atoms with van der Waals surface area (Å²) in [5, 5.41) is 0. The monoisotopic (exact) mass is 281 g/mol. The molecule has 2 aromatic rings. The molecule has 2 nitrogen and oxygen atoms in total. The summed E-state index contributed by atoms with van der Waals surface area (Å²) in [7, 11) is 0. The van der Waals surface area contributed by atoms with Gasteiger partial charge in [0.15, 0.2) is 0 Å². The highest BCUT2D eigenvalue weighted by Crippen LogP contribution is 2.21. The van der Waals surface area contributed by atoms with Crippen molar-refractivity contribution in [3.63, 3.8) is 0 Å². The van der Waals surface area contributed by atoms with Crippen LogP contribution in [0.25, 0.3) is 11.1 Å². The Kier molecular flexibility index (Phi) is 6.53. The Morgan fingerprint density at radius 2 is 1.57 bits per heavy atom. The van der Waals surface area contributed by atoms with Crippen molar-refractivity contribution in [3.8, 4) is 11.1 Å². The highest BCUT2D eigenvalue weighted by molar-refractivity contribution is 5.63. The van der Waals surface area contributed by atoms with E-state index in [0.717, 1.165) is 25.7 Å². The second-order valence-electron chi connectivity index (χ2n) is 5.16. The van der Waals surface area contributed by atoms with Crippen LogP contribution in [-0.2, 0) is 16.0 Å². The zero-order chi connectivity index (χ0) is 14.8. The molecule has 0 bridgehead atoms. The summed E-state index contributed by atoms with van der Waals surface area (Å²) in [5.74, 6) is 0. The van der Waals surface area contributed by atoms with E-state index >= 15 is 0 Å². The van der Waals surface area contributed by atoms with Crippen molar-refractivity contribution in [3.05, 3.63) is 60.2 Å². The summed E-state index contributed by atoms with van der Waals surface area (Å²) in [6.45, 7) is 1.95. The fraction of sp³-hybridized carbons (Fsp3) is 0.316. The molecule has 0 amide bonds. The molecule has 0 spiro atoms. The first-order valence-electron chi connectivity index (χ1n) is 7.53. The Hall–Kier alpha value is -2.09. The second-order valence-corrected chi connectivity index (χ2v) is 5.16. The lowest BCUT2D eigenvalue weighted by Crippen LogP contribution is -1.92. The van der Waals surface area contributed by atoms with E-state index in [0.29, 0.717) is 6.61 Å². The van der Waals surface area contributed by atoms with Crippen molar-refractivity contribution in [2.45, 2.75) is 32.1 Å². The highest BCUT2D eigenvalue weighted by atomic mass is 16.5. The van der Waals surface area contributed by atoms with Crippen molar-refractivity contribution < 1.29 is 9.53 Å². The number of hydrogen-bond acceptors (Lipinski definition) is 2. The molecular weight excluding hydrogens is 260 g/mol. The molecule has 2 aromatic carbocycles. The largest absolute Gasteiger partial charge is 0.457 e. The van der Waals surface area contributed by atoms with Gasteiger partial charge in [0.2, 0.25) is 0 Å². The van der Waals surface area contributed by atoms with E-state index < -0.39 is 0 Å². The van der Waals surface area contributed by atoms with Gasteiger partial charge >= 0.3 is 6.47 Å². The van der Waals surface area contributed by atoms with Crippen LogP contribution in [-0.4, -0.2) is 13.1 Å². The molecule has 0 fully saturated rings. The normalized spacial score (nSPS) is 10.3. The molecule has 0 aliphatic heterocycles. The fourth-order valence-electron chi connectivity index (χ4n) is 2.44. The van der Waals surface area contributed by atoms with E-state index in [-0.39, 0.29) is 0 Å². The first-order valence-corrected chi connectivity index (χ1v) is 7.53. The van der Waals surface area contributed by atoms with Gasteiger partial charge < -0.3 is 4.74 Å². The van der Waals surface area contributed by atoms with Gasteiger partial charge in [0, 0.05) is 0 Å². The number of benzene rings is 2. The van der Waals surface area contributed by atoms with Crippen LogP contribution in [0.2, 0.25) is 0 Å². The smallest absolute Gasteiger partial charge is 0.417 e. The van der Waals surface area contributed by atoms with Crippen LogP contribution in [0.3, 0.4) is 0 Å². The molecule has 0 atom stereocenters. The third-order valence-corrected chi connectivity index (χ3v) is 3.55. The molecule has 2 rings (SSSR count). The summed E-state index contributed by atoms with van der Waals surface area (Å²) in [5.41, 5.74) is 3.93. The number of carbonyl (C=O) groups excluding carboxylic acids is 1. The number of hydrogen-bond donors (Lipinski definition) is 0. The molecule has 0 aliphatic carbocycles. The molecule has 0 heterocycles. The zero-order valence-corrected chi connectivity index (χ0v) is 12.3. The van der Waals surface area contributed by atoms with E-state index in [1.807, 2.05) is 6.07 Å². The number of ether oxygens (including phenoxy) is 1. The van der Waals surface area contributed by atoms with Crippen molar-refractivity contribution in [2.24, 2.45) is 0 Å². The SMILES string of the molecule is O=[C]OCCCCCCc1cccc(-c2ccccc2)c1. The average molecular weight is 281 g/mol. The quantitative estimate of drug-likeness (QED) is 0.631. The lowest BCUT2D eigenvalue weighted by Gasteiger charge is -2.06. The standard InChI is InChI=1S/C19H21O2/c20-16-21-14-7-2-1-4-9-17-10-8-13-19(15-17)18-11-5-3-6-12-18/h3,5-6,8,10-13,15H,1-2,4,7,9,14H2. The Labute approximate surface area is 126 Å². The second kappa shape index (κ2) is 8.96. The van der Waals surface area contributed by atoms with E-state index in [1.54, 1.807) is 0 Å². The summed E-state index contributed by atoms with van der Waals surface area (Å²) < 4.78 is 4.56. The van der Waals surface area contributed by atoms with E-state index in [2.05, 4.69) is 53.3 Å². The Morgan fingerprint density at radius 1 is 0.810 bits per heavy atom. The van der Waals surface area contributed by atoms with Crippen molar-refractivity contribution in [1.29, 1.82) is 0 Å². The van der Waals surface area contributed by atoms with Crippen LogP contribution in [0.4, 0.5) is 0 Å². The topological polar surface area (TPSA) is 26.3 Å². The maximum absolute atomic E-state index is 9.88. The minimum absolute atomic E-state index is 0.493. The van der Waals surface area contributed by atoms with E-state index in [4.69, 9.17) is 0 Å². The molecule has 0 unspecified atom stereocenters. The van der Waals surface area contributed by atoms with Gasteiger partial charge in [-0.15, -0.1) is 0 Å². The van der Waals surface area contributed by atoms with Crippen molar-refractivity contribution in [2.75, 3.05) is 6.61 Å². The number of unbranched alkanes of at least 4 members (excludes halogenated alkanes) is 3. The van der Waals surface area contributed by atoms with E-state index in [1.165, 1.54) is 29.6 Å². The minimum atomic E-state index is 0.493. The molecule has 0 aromatic heterocycles. The average Bonchev–Trinajstić information content (AvgIpc) is 2.55. The summed E-state index contributed by atoms with van der Waals surface area (Å²) in [6.07, 6.45) is 5.46. The molecule has 21 heavy (non-hydrogen) atoms. The van der Waals surface area contributed by atoms with Crippen LogP contribution in [0.5, 0.6) is 0 Å². The lowest BCUT2D eigenvalue weighted by atomic mass is 10.00. The van der Waals surface area contributed by atoms with Gasteiger partial charge in [0.1, 0.15) is 0 Å². The third-order valence-electron chi connectivity index (χ3n) is 3.55. The molecular formula is C19H21O2. The predicted molar refractivity (Wildman–Crippen MR) is 85.7 cm³/mol. The Bertz CT molecular complexity index is 534. The van der Waals surface area contributed by atoms with Crippen LogP contribution in [0, 0.1) is 0 Å². The van der Waals surface area contributed by atoms with Gasteiger partial charge in [-0.1, -0.05) is 67.4 Å². The van der Waals surface area contributed by atoms with Gasteiger partial charge in [-0.3, -0.25) is 0 Å². The maximum atomic E-state index is 9.88. The third kappa shape index (κ3) is 5.42. The number of aryl methyl sites for hydroxylation is 1. The van der Waals surface area contributed by atoms with Crippen LogP contribution >= 0.6 is 0 Å². The minimum Gasteiger partial charge on any atom is -0.457 e. The molecule has 0 aliphatic rings. The molecule has 0 saturated heterocycles. The summed E-state index contributed by atoms with van der Waals surface area (Å²) in [6, 6.07) is 19.2. The van der Waals surface area contributed by atoms with Crippen LogP contribution in [0.1, 0.15) is 31.2 Å². The van der Waals surface area contributed by atoms with Gasteiger partial charge in [0.25, 0.3) is 0 Å². The van der Waals surface area contributed by atoms with Gasteiger partial charge in [0.05, 0.1) is 6.61 Å². The van der Waals surface area contributed by atoms with E-state index in [9.17, 15) is 4.79 Å². The van der Waals surface area contributed by atoms with Gasteiger partial charge in [-0.25, -0.2) is 4.79 Å². The molecule has 0 saturated carbocycles. The fourth-order valence-corrected chi connectivity index (χ4v) is 2.44. The molecule has 1 radical (unpaired) electrons. The predicted octanol–water partition coefficient (Wildman–Crippen LogP) is 4.54. The summed E-state index contributed by atoms with van der Waals surface area (Å²) in [4.78, 5) is 9.88. The molecule has 109 valence electrons. The Balaban J connectivity index is 1.78.